The molecule has 0 saturated heterocycles. The molecule has 0 bridgehead atoms. The molecule has 0 atom stereocenters. The Kier molecular flexibility index (Phi) is 4.95. The second-order valence-corrected chi connectivity index (χ2v) is 5.75. The fourth-order valence-electron chi connectivity index (χ4n) is 2.59. The number of hydrogen-bond donors (Lipinski definition) is 3. The molecule has 3 N–H and O–H groups in total. The largest absolute Gasteiger partial charge is 0.334 e. The molecule has 5 nitrogen and oxygen atoms in total. The van der Waals surface area contributed by atoms with Gasteiger partial charge < -0.3 is 16.0 Å². The molecule has 3 aromatic rings. The number of anilines is 2. The van der Waals surface area contributed by atoms with E-state index < -0.39 is 0 Å². The molecule has 0 saturated carbocycles. The third kappa shape index (κ3) is 4.57. The Bertz CT molecular complexity index is 921. The average Bonchev–Trinajstić information content (AvgIpc) is 2.60. The summed E-state index contributed by atoms with van der Waals surface area (Å²) in [7, 11) is 0. The maximum Gasteiger partial charge on any atom is 0.319 e. The molecule has 0 spiro atoms. The van der Waals surface area contributed by atoms with E-state index in [1.54, 1.807) is 6.07 Å². The van der Waals surface area contributed by atoms with E-state index in [2.05, 4.69) is 16.0 Å². The van der Waals surface area contributed by atoms with E-state index in [0.717, 1.165) is 22.0 Å². The summed E-state index contributed by atoms with van der Waals surface area (Å²) < 4.78 is 0. The Hall–Kier alpha value is -3.34. The van der Waals surface area contributed by atoms with Crippen molar-refractivity contribution in [3.8, 4) is 0 Å². The van der Waals surface area contributed by atoms with Gasteiger partial charge >= 0.3 is 6.03 Å². The molecule has 126 valence electrons. The highest BCUT2D eigenvalue weighted by Crippen LogP contribution is 2.18. The fraction of sp³-hybridized carbons (Fsp3) is 0.100. The lowest BCUT2D eigenvalue weighted by molar-refractivity contribution is -0.114. The smallest absolute Gasteiger partial charge is 0.319 e. The first-order valence-corrected chi connectivity index (χ1v) is 8.00. The SMILES string of the molecule is CC(=O)Nc1cccc(CNC(=O)Nc2ccc3ccccc3c2)c1. The summed E-state index contributed by atoms with van der Waals surface area (Å²) in [5, 5.41) is 10.6. The first kappa shape index (κ1) is 16.5. The van der Waals surface area contributed by atoms with Crippen LogP contribution in [0.2, 0.25) is 0 Å². The van der Waals surface area contributed by atoms with Gasteiger partial charge in [-0.2, -0.15) is 0 Å². The molecule has 5 heteroatoms. The van der Waals surface area contributed by atoms with Crippen molar-refractivity contribution < 1.29 is 9.59 Å². The van der Waals surface area contributed by atoms with Crippen molar-refractivity contribution in [3.05, 3.63) is 72.3 Å². The van der Waals surface area contributed by atoms with Crippen LogP contribution in [-0.4, -0.2) is 11.9 Å². The highest BCUT2D eigenvalue weighted by Gasteiger charge is 2.04. The zero-order chi connectivity index (χ0) is 17.6. The molecule has 25 heavy (non-hydrogen) atoms. The van der Waals surface area contributed by atoms with Crippen molar-refractivity contribution in [2.45, 2.75) is 13.5 Å². The van der Waals surface area contributed by atoms with Crippen molar-refractivity contribution in [1.82, 2.24) is 5.32 Å². The number of fused-ring (bicyclic) bond motifs is 1. The maximum absolute atomic E-state index is 12.1. The van der Waals surface area contributed by atoms with Crippen LogP contribution < -0.4 is 16.0 Å². The van der Waals surface area contributed by atoms with Crippen LogP contribution >= 0.6 is 0 Å². The van der Waals surface area contributed by atoms with E-state index in [1.165, 1.54) is 6.92 Å². The lowest BCUT2D eigenvalue weighted by atomic mass is 10.1. The van der Waals surface area contributed by atoms with Gasteiger partial charge in [-0.25, -0.2) is 4.79 Å². The van der Waals surface area contributed by atoms with Crippen molar-refractivity contribution >= 4 is 34.1 Å². The minimum absolute atomic E-state index is 0.126. The van der Waals surface area contributed by atoms with Crippen LogP contribution in [0.1, 0.15) is 12.5 Å². The van der Waals surface area contributed by atoms with Crippen LogP contribution in [0.5, 0.6) is 0 Å². The molecule has 0 aliphatic rings. The Morgan fingerprint density at radius 1 is 0.800 bits per heavy atom. The normalized spacial score (nSPS) is 10.3. The molecule has 0 heterocycles. The van der Waals surface area contributed by atoms with Crippen LogP contribution in [0.15, 0.2) is 66.7 Å². The molecule has 3 amide bonds. The predicted octanol–water partition coefficient (Wildman–Crippen LogP) is 4.12. The number of urea groups is 1. The predicted molar refractivity (Wildman–Crippen MR) is 101 cm³/mol. The summed E-state index contributed by atoms with van der Waals surface area (Å²) in [6.45, 7) is 1.83. The minimum atomic E-state index is -0.278. The molecular formula is C20H19N3O2. The summed E-state index contributed by atoms with van der Waals surface area (Å²) in [5.41, 5.74) is 2.35. The molecule has 0 aromatic heterocycles. The average molecular weight is 333 g/mol. The van der Waals surface area contributed by atoms with E-state index >= 15 is 0 Å². The highest BCUT2D eigenvalue weighted by molar-refractivity contribution is 5.93. The number of amides is 3. The van der Waals surface area contributed by atoms with Gasteiger partial charge in [-0.1, -0.05) is 42.5 Å². The van der Waals surface area contributed by atoms with Crippen LogP contribution in [-0.2, 0) is 11.3 Å². The van der Waals surface area contributed by atoms with Crippen molar-refractivity contribution in [3.63, 3.8) is 0 Å². The van der Waals surface area contributed by atoms with Gasteiger partial charge in [0, 0.05) is 24.8 Å². The molecule has 3 rings (SSSR count). The van der Waals surface area contributed by atoms with Crippen molar-refractivity contribution in [2.75, 3.05) is 10.6 Å². The summed E-state index contributed by atoms with van der Waals surface area (Å²) in [6.07, 6.45) is 0. The molecule has 0 fully saturated rings. The van der Waals surface area contributed by atoms with Gasteiger partial charge in [-0.3, -0.25) is 4.79 Å². The number of rotatable bonds is 4. The van der Waals surface area contributed by atoms with Crippen LogP contribution in [0.3, 0.4) is 0 Å². The standard InChI is InChI=1S/C20H19N3O2/c1-14(24)22-18-8-4-5-15(11-18)13-21-20(25)23-19-10-9-16-6-2-3-7-17(16)12-19/h2-12H,13H2,1H3,(H,22,24)(H2,21,23,25). The third-order valence-corrected chi connectivity index (χ3v) is 3.71. The fourth-order valence-corrected chi connectivity index (χ4v) is 2.59. The van der Waals surface area contributed by atoms with E-state index in [-0.39, 0.29) is 11.9 Å². The van der Waals surface area contributed by atoms with Crippen molar-refractivity contribution in [2.24, 2.45) is 0 Å². The summed E-state index contributed by atoms with van der Waals surface area (Å²) in [4.78, 5) is 23.2. The number of carbonyl (C=O) groups excluding carboxylic acids is 2. The second-order valence-electron chi connectivity index (χ2n) is 5.75. The van der Waals surface area contributed by atoms with E-state index in [4.69, 9.17) is 0 Å². The maximum atomic E-state index is 12.1. The zero-order valence-electron chi connectivity index (χ0n) is 13.9. The topological polar surface area (TPSA) is 70.2 Å². The minimum Gasteiger partial charge on any atom is -0.334 e. The monoisotopic (exact) mass is 333 g/mol. The molecule has 0 unspecified atom stereocenters. The van der Waals surface area contributed by atoms with Gasteiger partial charge in [-0.15, -0.1) is 0 Å². The molecular weight excluding hydrogens is 314 g/mol. The molecule has 0 aliphatic heterocycles. The number of carbonyl (C=O) groups is 2. The molecule has 3 aromatic carbocycles. The van der Waals surface area contributed by atoms with Gasteiger partial charge in [0.2, 0.25) is 5.91 Å². The first-order valence-electron chi connectivity index (χ1n) is 8.00. The van der Waals surface area contributed by atoms with Crippen LogP contribution in [0.4, 0.5) is 16.2 Å². The van der Waals surface area contributed by atoms with Crippen LogP contribution in [0, 0.1) is 0 Å². The van der Waals surface area contributed by atoms with Crippen LogP contribution in [0.25, 0.3) is 10.8 Å². The Morgan fingerprint density at radius 3 is 2.36 bits per heavy atom. The summed E-state index contributed by atoms with van der Waals surface area (Å²) in [6, 6.07) is 20.9. The van der Waals surface area contributed by atoms with Gasteiger partial charge in [0.25, 0.3) is 0 Å². The Labute approximate surface area is 146 Å². The number of benzene rings is 3. The van der Waals surface area contributed by atoms with Gasteiger partial charge in [0.15, 0.2) is 0 Å². The van der Waals surface area contributed by atoms with Gasteiger partial charge in [0.1, 0.15) is 0 Å². The zero-order valence-corrected chi connectivity index (χ0v) is 13.9. The summed E-state index contributed by atoms with van der Waals surface area (Å²) >= 11 is 0. The highest BCUT2D eigenvalue weighted by atomic mass is 16.2. The molecule has 0 aliphatic carbocycles. The van der Waals surface area contributed by atoms with E-state index in [0.29, 0.717) is 12.2 Å². The first-order chi connectivity index (χ1) is 12.1. The van der Waals surface area contributed by atoms with E-state index in [9.17, 15) is 9.59 Å². The number of hydrogen-bond acceptors (Lipinski definition) is 2. The lowest BCUT2D eigenvalue weighted by Gasteiger charge is -2.10. The summed E-state index contributed by atoms with van der Waals surface area (Å²) in [5.74, 6) is -0.126. The van der Waals surface area contributed by atoms with Gasteiger partial charge in [0.05, 0.1) is 0 Å². The Morgan fingerprint density at radius 2 is 1.56 bits per heavy atom. The van der Waals surface area contributed by atoms with E-state index in [1.807, 2.05) is 60.7 Å². The third-order valence-electron chi connectivity index (χ3n) is 3.71. The number of nitrogens with one attached hydrogen (secondary N) is 3. The quantitative estimate of drug-likeness (QED) is 0.672. The lowest BCUT2D eigenvalue weighted by Crippen LogP contribution is -2.28. The van der Waals surface area contributed by atoms with Crippen molar-refractivity contribution in [1.29, 1.82) is 0 Å². The molecule has 0 radical (unpaired) electrons. The second kappa shape index (κ2) is 7.49. The van der Waals surface area contributed by atoms with Gasteiger partial charge in [-0.05, 0) is 40.6 Å². The Balaban J connectivity index is 1.59.